The molecule has 0 spiro atoms. The van der Waals surface area contributed by atoms with E-state index in [2.05, 4.69) is 16.9 Å². The van der Waals surface area contributed by atoms with Crippen LogP contribution in [0.3, 0.4) is 0 Å². The predicted molar refractivity (Wildman–Crippen MR) is 95.7 cm³/mol. The fraction of sp³-hybridized carbons (Fsp3) is 0.556. The van der Waals surface area contributed by atoms with Gasteiger partial charge in [0.05, 0.1) is 11.7 Å². The third-order valence-corrected chi connectivity index (χ3v) is 3.11. The third kappa shape index (κ3) is 9.66. The molecule has 0 aromatic heterocycles. The third-order valence-electron chi connectivity index (χ3n) is 3.11. The molecule has 130 valence electrons. The number of hydrogen-bond acceptors (Lipinski definition) is 2. The van der Waals surface area contributed by atoms with Gasteiger partial charge < -0.3 is 10.2 Å². The molecule has 0 fully saturated rings. The molecule has 0 aliphatic heterocycles. The van der Waals surface area contributed by atoms with Crippen LogP contribution in [-0.4, -0.2) is 29.7 Å². The van der Waals surface area contributed by atoms with Gasteiger partial charge >= 0.3 is 0 Å². The van der Waals surface area contributed by atoms with Crippen molar-refractivity contribution < 1.29 is 9.18 Å². The summed E-state index contributed by atoms with van der Waals surface area (Å²) in [6, 6.07) is 0.216. The summed E-state index contributed by atoms with van der Waals surface area (Å²) in [6.45, 7) is 14.8. The number of rotatable bonds is 7. The van der Waals surface area contributed by atoms with Gasteiger partial charge in [-0.15, -0.1) is 0 Å². The molecule has 0 aliphatic rings. The van der Waals surface area contributed by atoms with Crippen molar-refractivity contribution in [3.63, 3.8) is 0 Å². The lowest BCUT2D eigenvalue weighted by molar-refractivity contribution is -0.128. The second-order valence-electron chi connectivity index (χ2n) is 6.16. The van der Waals surface area contributed by atoms with Gasteiger partial charge in [-0.3, -0.25) is 9.79 Å². The Labute approximate surface area is 139 Å². The first-order valence-corrected chi connectivity index (χ1v) is 7.81. The Morgan fingerprint density at radius 3 is 2.35 bits per heavy atom. The van der Waals surface area contributed by atoms with E-state index in [-0.39, 0.29) is 30.1 Å². The van der Waals surface area contributed by atoms with Crippen molar-refractivity contribution in [3.8, 4) is 0 Å². The molecular weight excluding hydrogens is 293 g/mol. The molecule has 1 amide bonds. The molecule has 5 heteroatoms. The van der Waals surface area contributed by atoms with Crippen LogP contribution in [0.4, 0.5) is 4.39 Å². The maximum Gasteiger partial charge on any atom is 0.226 e. The minimum atomic E-state index is -0.303. The zero-order valence-electron chi connectivity index (χ0n) is 15.4. The Hall–Kier alpha value is -1.91. The second-order valence-corrected chi connectivity index (χ2v) is 6.16. The van der Waals surface area contributed by atoms with E-state index in [1.807, 2.05) is 34.6 Å². The van der Waals surface area contributed by atoms with Crippen LogP contribution in [0.25, 0.3) is 0 Å². The van der Waals surface area contributed by atoms with E-state index in [1.165, 1.54) is 17.9 Å². The van der Waals surface area contributed by atoms with Crippen LogP contribution in [0, 0.1) is 5.92 Å². The van der Waals surface area contributed by atoms with Crippen molar-refractivity contribution >= 4 is 11.7 Å². The molecule has 1 atom stereocenters. The Morgan fingerprint density at radius 2 is 1.87 bits per heavy atom. The normalized spacial score (nSPS) is 14.7. The summed E-state index contributed by atoms with van der Waals surface area (Å²) < 4.78 is 12.9. The van der Waals surface area contributed by atoms with Crippen LogP contribution in [0.5, 0.6) is 0 Å². The van der Waals surface area contributed by atoms with Crippen LogP contribution in [0.2, 0.25) is 0 Å². The molecule has 0 heterocycles. The fourth-order valence-electron chi connectivity index (χ4n) is 2.03. The highest BCUT2D eigenvalue weighted by Crippen LogP contribution is 2.17. The number of amidine groups is 1. The standard InChI is InChI=1S/C18H30FN3O/c1-12(2)20-17(7)21-16(6)11-22(8)18(23)10-14(4)13(3)9-15(5)19/h9,11-12,14H,3,10H2,1-2,4-8H3,(H,20,21)/b15-9?,16-11+. The summed E-state index contributed by atoms with van der Waals surface area (Å²) in [5.74, 6) is 0.340. The molecule has 0 aromatic rings. The Morgan fingerprint density at radius 1 is 1.30 bits per heavy atom. The molecule has 4 nitrogen and oxygen atoms in total. The number of hydrogen-bond donors (Lipinski definition) is 1. The van der Waals surface area contributed by atoms with E-state index in [9.17, 15) is 9.18 Å². The number of carbonyl (C=O) groups is 1. The van der Waals surface area contributed by atoms with Crippen LogP contribution in [0.1, 0.15) is 48.0 Å². The lowest BCUT2D eigenvalue weighted by Crippen LogP contribution is -2.27. The summed E-state index contributed by atoms with van der Waals surface area (Å²) in [5.41, 5.74) is 1.44. The van der Waals surface area contributed by atoms with Crippen LogP contribution in [-0.2, 0) is 4.79 Å². The highest BCUT2D eigenvalue weighted by atomic mass is 19.1. The van der Waals surface area contributed by atoms with Gasteiger partial charge in [-0.2, -0.15) is 0 Å². The Balaban J connectivity index is 4.69. The molecule has 0 bridgehead atoms. The molecule has 1 N–H and O–H groups in total. The summed E-state index contributed by atoms with van der Waals surface area (Å²) >= 11 is 0. The van der Waals surface area contributed by atoms with Crippen LogP contribution >= 0.6 is 0 Å². The Kier molecular flexibility index (Phi) is 9.15. The van der Waals surface area contributed by atoms with E-state index >= 15 is 0 Å². The number of amides is 1. The second kappa shape index (κ2) is 9.98. The minimum Gasteiger partial charge on any atom is -0.347 e. The number of carbonyl (C=O) groups excluding carboxylic acids is 1. The zero-order chi connectivity index (χ0) is 18.2. The molecule has 0 radical (unpaired) electrons. The number of nitrogens with zero attached hydrogens (tertiary/aromatic N) is 2. The van der Waals surface area contributed by atoms with Crippen molar-refractivity contribution in [1.29, 1.82) is 0 Å². The first kappa shape index (κ1) is 21.1. The average Bonchev–Trinajstić information content (AvgIpc) is 2.35. The summed E-state index contributed by atoms with van der Waals surface area (Å²) in [4.78, 5) is 18.1. The molecule has 0 rings (SSSR count). The Bertz CT molecular complexity index is 514. The highest BCUT2D eigenvalue weighted by Gasteiger charge is 2.14. The summed E-state index contributed by atoms with van der Waals surface area (Å²) in [6.07, 6.45) is 3.38. The van der Waals surface area contributed by atoms with Gasteiger partial charge in [-0.25, -0.2) is 4.39 Å². The predicted octanol–water partition coefficient (Wildman–Crippen LogP) is 4.18. The number of nitrogens with one attached hydrogen (secondary N) is 1. The molecular formula is C18H30FN3O. The van der Waals surface area contributed by atoms with Crippen molar-refractivity contribution in [1.82, 2.24) is 10.2 Å². The summed E-state index contributed by atoms with van der Waals surface area (Å²) in [7, 11) is 1.70. The van der Waals surface area contributed by atoms with Crippen molar-refractivity contribution in [2.24, 2.45) is 10.9 Å². The van der Waals surface area contributed by atoms with E-state index in [4.69, 9.17) is 0 Å². The number of allylic oxidation sites excluding steroid dienone is 4. The monoisotopic (exact) mass is 323 g/mol. The smallest absolute Gasteiger partial charge is 0.226 e. The average molecular weight is 323 g/mol. The molecule has 23 heavy (non-hydrogen) atoms. The maximum absolute atomic E-state index is 12.9. The van der Waals surface area contributed by atoms with E-state index < -0.39 is 0 Å². The van der Waals surface area contributed by atoms with E-state index in [0.717, 1.165) is 11.5 Å². The van der Waals surface area contributed by atoms with Crippen LogP contribution in [0.15, 0.2) is 40.9 Å². The first-order valence-electron chi connectivity index (χ1n) is 7.81. The fourth-order valence-corrected chi connectivity index (χ4v) is 2.03. The topological polar surface area (TPSA) is 44.7 Å². The van der Waals surface area contributed by atoms with Gasteiger partial charge in [0.2, 0.25) is 5.91 Å². The maximum atomic E-state index is 12.9. The molecule has 0 saturated carbocycles. The SMILES string of the molecule is C=C(C=C(C)F)C(C)CC(=O)N(C)/C=C(\C)NC(C)=NC(C)C. The number of aliphatic imine (C=N–C) groups is 1. The molecule has 1 unspecified atom stereocenters. The van der Waals surface area contributed by atoms with Crippen molar-refractivity contribution in [3.05, 3.63) is 36.0 Å². The van der Waals surface area contributed by atoms with E-state index in [0.29, 0.717) is 5.57 Å². The molecule has 0 aliphatic carbocycles. The quantitative estimate of drug-likeness (QED) is 0.434. The van der Waals surface area contributed by atoms with E-state index in [1.54, 1.807) is 13.2 Å². The summed E-state index contributed by atoms with van der Waals surface area (Å²) in [5, 5.41) is 3.14. The van der Waals surface area contributed by atoms with Gasteiger partial charge in [0.15, 0.2) is 0 Å². The first-order chi connectivity index (χ1) is 10.5. The molecule has 0 saturated heterocycles. The van der Waals surface area contributed by atoms with Crippen molar-refractivity contribution in [2.45, 2.75) is 54.0 Å². The number of halogens is 1. The lowest BCUT2D eigenvalue weighted by Gasteiger charge is -2.18. The van der Waals surface area contributed by atoms with Gasteiger partial charge in [0, 0.05) is 31.4 Å². The van der Waals surface area contributed by atoms with Gasteiger partial charge in [0.25, 0.3) is 0 Å². The van der Waals surface area contributed by atoms with Gasteiger partial charge in [0.1, 0.15) is 0 Å². The lowest BCUT2D eigenvalue weighted by atomic mass is 9.98. The van der Waals surface area contributed by atoms with Gasteiger partial charge in [-0.05, 0) is 52.2 Å². The minimum absolute atomic E-state index is 0.0526. The zero-order valence-corrected chi connectivity index (χ0v) is 15.4. The highest BCUT2D eigenvalue weighted by molar-refractivity contribution is 5.81. The van der Waals surface area contributed by atoms with Gasteiger partial charge in [-0.1, -0.05) is 13.5 Å². The molecule has 0 aromatic carbocycles. The van der Waals surface area contributed by atoms with Crippen molar-refractivity contribution in [2.75, 3.05) is 7.05 Å². The van der Waals surface area contributed by atoms with Crippen LogP contribution < -0.4 is 5.32 Å². The largest absolute Gasteiger partial charge is 0.347 e.